The van der Waals surface area contributed by atoms with Crippen LogP contribution in [0, 0.1) is 12.8 Å². The summed E-state index contributed by atoms with van der Waals surface area (Å²) in [5.41, 5.74) is 2.86. The predicted octanol–water partition coefficient (Wildman–Crippen LogP) is 2.18. The van der Waals surface area contributed by atoms with E-state index >= 15 is 0 Å². The third-order valence-corrected chi connectivity index (χ3v) is 2.47. The fraction of sp³-hybridized carbons (Fsp3) is 0.455. The van der Waals surface area contributed by atoms with E-state index in [1.165, 1.54) is 30.6 Å². The van der Waals surface area contributed by atoms with E-state index in [-0.39, 0.29) is 12.4 Å². The number of aryl methyl sites for hydroxylation is 1. The summed E-state index contributed by atoms with van der Waals surface area (Å²) in [5.74, 6) is 0.881. The molecule has 0 aliphatic carbocycles. The Morgan fingerprint density at radius 1 is 1.38 bits per heavy atom. The lowest BCUT2D eigenvalue weighted by Crippen LogP contribution is -2.43. The summed E-state index contributed by atoms with van der Waals surface area (Å²) in [4.78, 5) is 0. The molecule has 0 spiro atoms. The number of benzene rings is 1. The van der Waals surface area contributed by atoms with E-state index in [0.29, 0.717) is 0 Å². The van der Waals surface area contributed by atoms with Gasteiger partial charge in [0, 0.05) is 0 Å². The zero-order chi connectivity index (χ0) is 8.39. The molecule has 1 heterocycles. The average molecular weight is 198 g/mol. The van der Waals surface area contributed by atoms with Crippen molar-refractivity contribution in [1.82, 2.24) is 5.32 Å². The summed E-state index contributed by atoms with van der Waals surface area (Å²) < 4.78 is 0. The van der Waals surface area contributed by atoms with E-state index in [1.807, 2.05) is 0 Å². The molecule has 1 fully saturated rings. The lowest BCUT2D eigenvalue weighted by Gasteiger charge is -2.27. The number of rotatable bonds is 2. The van der Waals surface area contributed by atoms with Crippen LogP contribution in [-0.2, 0) is 6.42 Å². The molecule has 0 amide bonds. The Hall–Kier alpha value is -0.530. The van der Waals surface area contributed by atoms with Gasteiger partial charge < -0.3 is 5.32 Å². The molecule has 2 rings (SSSR count). The number of nitrogens with one attached hydrogen (secondary N) is 1. The third-order valence-electron chi connectivity index (χ3n) is 2.47. The molecule has 1 aliphatic rings. The van der Waals surface area contributed by atoms with Gasteiger partial charge in [-0.15, -0.1) is 12.4 Å². The van der Waals surface area contributed by atoms with E-state index in [4.69, 9.17) is 0 Å². The summed E-state index contributed by atoms with van der Waals surface area (Å²) in [6, 6.07) is 8.82. The Morgan fingerprint density at radius 3 is 2.69 bits per heavy atom. The smallest absolute Gasteiger partial charge is 0.000506 e. The van der Waals surface area contributed by atoms with Gasteiger partial charge in [-0.05, 0) is 37.9 Å². The molecule has 1 N–H and O–H groups in total. The molecule has 0 atom stereocenters. The van der Waals surface area contributed by atoms with Crippen molar-refractivity contribution in [1.29, 1.82) is 0 Å². The highest BCUT2D eigenvalue weighted by Gasteiger charge is 2.16. The molecule has 1 aliphatic heterocycles. The molecule has 1 aromatic rings. The maximum Gasteiger partial charge on any atom is -0.000506 e. The largest absolute Gasteiger partial charge is 0.316 e. The van der Waals surface area contributed by atoms with Gasteiger partial charge >= 0.3 is 0 Å². The molecule has 13 heavy (non-hydrogen) atoms. The van der Waals surface area contributed by atoms with Gasteiger partial charge in [-0.3, -0.25) is 0 Å². The van der Waals surface area contributed by atoms with Crippen LogP contribution < -0.4 is 5.32 Å². The standard InChI is InChI=1S/C11H15N.ClH/c1-9-3-2-4-10(5-9)6-11-7-12-8-11;/h2-5,11-12H,6-8H2,1H3;1H. The Balaban J connectivity index is 0.000000845. The highest BCUT2D eigenvalue weighted by molar-refractivity contribution is 5.85. The summed E-state index contributed by atoms with van der Waals surface area (Å²) >= 11 is 0. The number of hydrogen-bond acceptors (Lipinski definition) is 1. The van der Waals surface area contributed by atoms with Crippen molar-refractivity contribution in [3.63, 3.8) is 0 Å². The van der Waals surface area contributed by atoms with Gasteiger partial charge in [0.2, 0.25) is 0 Å². The second-order valence-electron chi connectivity index (χ2n) is 3.72. The monoisotopic (exact) mass is 197 g/mol. The van der Waals surface area contributed by atoms with Crippen LogP contribution in [-0.4, -0.2) is 13.1 Å². The fourth-order valence-electron chi connectivity index (χ4n) is 1.67. The molecule has 1 saturated heterocycles. The van der Waals surface area contributed by atoms with Crippen LogP contribution in [0.5, 0.6) is 0 Å². The lowest BCUT2D eigenvalue weighted by atomic mass is 9.94. The van der Waals surface area contributed by atoms with E-state index in [9.17, 15) is 0 Å². The summed E-state index contributed by atoms with van der Waals surface area (Å²) in [6.07, 6.45) is 1.24. The molecule has 0 saturated carbocycles. The summed E-state index contributed by atoms with van der Waals surface area (Å²) in [7, 11) is 0. The van der Waals surface area contributed by atoms with Crippen molar-refractivity contribution in [3.05, 3.63) is 35.4 Å². The Morgan fingerprint density at radius 2 is 2.15 bits per heavy atom. The van der Waals surface area contributed by atoms with Crippen LogP contribution in [0.1, 0.15) is 11.1 Å². The van der Waals surface area contributed by atoms with Crippen LogP contribution in [0.4, 0.5) is 0 Å². The summed E-state index contributed by atoms with van der Waals surface area (Å²) in [6.45, 7) is 4.56. The van der Waals surface area contributed by atoms with Gasteiger partial charge in [0.15, 0.2) is 0 Å². The van der Waals surface area contributed by atoms with Crippen molar-refractivity contribution >= 4 is 12.4 Å². The highest BCUT2D eigenvalue weighted by Crippen LogP contribution is 2.13. The fourth-order valence-corrected chi connectivity index (χ4v) is 1.67. The van der Waals surface area contributed by atoms with Crippen LogP contribution in [0.3, 0.4) is 0 Å². The maximum atomic E-state index is 3.30. The SMILES string of the molecule is Cc1cccc(CC2CNC2)c1.Cl. The first-order chi connectivity index (χ1) is 5.84. The Bertz CT molecular complexity index is 269. The van der Waals surface area contributed by atoms with Crippen LogP contribution in [0.2, 0.25) is 0 Å². The van der Waals surface area contributed by atoms with Gasteiger partial charge in [0.1, 0.15) is 0 Å². The normalized spacial score (nSPS) is 16.1. The summed E-state index contributed by atoms with van der Waals surface area (Å²) in [5, 5.41) is 3.30. The zero-order valence-corrected chi connectivity index (χ0v) is 8.73. The predicted molar refractivity (Wildman–Crippen MR) is 58.5 cm³/mol. The third kappa shape index (κ3) is 2.71. The van der Waals surface area contributed by atoms with Crippen molar-refractivity contribution in [3.8, 4) is 0 Å². The average Bonchev–Trinajstić information content (AvgIpc) is 1.97. The molecular formula is C11H16ClN. The molecular weight excluding hydrogens is 182 g/mol. The minimum atomic E-state index is 0. The van der Waals surface area contributed by atoms with E-state index < -0.39 is 0 Å². The molecule has 1 nitrogen and oxygen atoms in total. The van der Waals surface area contributed by atoms with Crippen LogP contribution >= 0.6 is 12.4 Å². The first-order valence-corrected chi connectivity index (χ1v) is 4.61. The van der Waals surface area contributed by atoms with Gasteiger partial charge in [0.25, 0.3) is 0 Å². The topological polar surface area (TPSA) is 12.0 Å². The number of hydrogen-bond donors (Lipinski definition) is 1. The number of halogens is 1. The van der Waals surface area contributed by atoms with Gasteiger partial charge in [0.05, 0.1) is 0 Å². The highest BCUT2D eigenvalue weighted by atomic mass is 35.5. The molecule has 1 aromatic carbocycles. The zero-order valence-electron chi connectivity index (χ0n) is 7.92. The van der Waals surface area contributed by atoms with Gasteiger partial charge in [-0.25, -0.2) is 0 Å². The molecule has 2 heteroatoms. The second-order valence-corrected chi connectivity index (χ2v) is 3.72. The van der Waals surface area contributed by atoms with Crippen LogP contribution in [0.15, 0.2) is 24.3 Å². The van der Waals surface area contributed by atoms with Crippen LogP contribution in [0.25, 0.3) is 0 Å². The lowest BCUT2D eigenvalue weighted by molar-refractivity contribution is 0.346. The van der Waals surface area contributed by atoms with E-state index in [0.717, 1.165) is 5.92 Å². The Labute approximate surface area is 86.0 Å². The molecule has 0 aromatic heterocycles. The quantitative estimate of drug-likeness (QED) is 0.767. The van der Waals surface area contributed by atoms with Gasteiger partial charge in [-0.1, -0.05) is 29.8 Å². The Kier molecular flexibility index (Phi) is 3.76. The molecule has 0 bridgehead atoms. The minimum absolute atomic E-state index is 0. The van der Waals surface area contributed by atoms with Crippen molar-refractivity contribution in [2.75, 3.05) is 13.1 Å². The maximum absolute atomic E-state index is 3.30. The van der Waals surface area contributed by atoms with Crippen molar-refractivity contribution < 1.29 is 0 Å². The molecule has 72 valence electrons. The first kappa shape index (κ1) is 10.6. The minimum Gasteiger partial charge on any atom is -0.316 e. The molecule has 0 unspecified atom stereocenters. The second kappa shape index (κ2) is 4.64. The van der Waals surface area contributed by atoms with Crippen molar-refractivity contribution in [2.45, 2.75) is 13.3 Å². The molecule has 0 radical (unpaired) electrons. The first-order valence-electron chi connectivity index (χ1n) is 4.61. The van der Waals surface area contributed by atoms with Gasteiger partial charge in [-0.2, -0.15) is 0 Å². The van der Waals surface area contributed by atoms with E-state index in [2.05, 4.69) is 36.5 Å². The van der Waals surface area contributed by atoms with E-state index in [1.54, 1.807) is 0 Å². The van der Waals surface area contributed by atoms with Crippen molar-refractivity contribution in [2.24, 2.45) is 5.92 Å².